The summed E-state index contributed by atoms with van der Waals surface area (Å²) in [5.74, 6) is 0. The summed E-state index contributed by atoms with van der Waals surface area (Å²) in [7, 11) is 0. The maximum absolute atomic E-state index is 3.47. The van der Waals surface area contributed by atoms with Gasteiger partial charge in [0.25, 0.3) is 0 Å². The van der Waals surface area contributed by atoms with E-state index < -0.39 is 0 Å². The first-order chi connectivity index (χ1) is 4.92. The topological polar surface area (TPSA) is 15.3 Å². The summed E-state index contributed by atoms with van der Waals surface area (Å²) in [5.41, 5.74) is 0. The Labute approximate surface area is 62.6 Å². The molecule has 1 N–H and O–H groups in total. The molecule has 0 amide bonds. The predicted octanol–water partition coefficient (Wildman–Crippen LogP) is 0.442. The van der Waals surface area contributed by atoms with Gasteiger partial charge in [0.05, 0.1) is 0 Å². The molecule has 2 bridgehead atoms. The fourth-order valence-electron chi connectivity index (χ4n) is 2.39. The van der Waals surface area contributed by atoms with E-state index in [0.717, 1.165) is 12.1 Å². The van der Waals surface area contributed by atoms with E-state index in [1.165, 1.54) is 32.5 Å². The number of nitrogens with zero attached hydrogens (tertiary/aromatic N) is 1. The molecule has 2 rings (SSSR count). The lowest BCUT2D eigenvalue weighted by atomic mass is 10.2. The standard InChI is InChI=1S/C8H16N2/c1-2-10-7-3-4-8(10)6-9-5-7/h7-9H,2-6H2,1H3. The number of hydrogen-bond donors (Lipinski definition) is 1. The first-order valence-corrected chi connectivity index (χ1v) is 4.38. The Morgan fingerprint density at radius 2 is 1.90 bits per heavy atom. The first kappa shape index (κ1) is 6.62. The molecule has 2 unspecified atom stereocenters. The van der Waals surface area contributed by atoms with Crippen LogP contribution in [0.5, 0.6) is 0 Å². The summed E-state index contributed by atoms with van der Waals surface area (Å²) in [4.78, 5) is 2.65. The molecule has 2 aliphatic heterocycles. The smallest absolute Gasteiger partial charge is 0.0224 e. The average molecular weight is 140 g/mol. The first-order valence-electron chi connectivity index (χ1n) is 4.38. The van der Waals surface area contributed by atoms with Gasteiger partial charge in [-0.15, -0.1) is 0 Å². The Bertz CT molecular complexity index is 108. The zero-order chi connectivity index (χ0) is 6.97. The monoisotopic (exact) mass is 140 g/mol. The van der Waals surface area contributed by atoms with Crippen molar-refractivity contribution in [2.45, 2.75) is 31.8 Å². The minimum Gasteiger partial charge on any atom is -0.314 e. The zero-order valence-electron chi connectivity index (χ0n) is 6.64. The normalized spacial score (nSPS) is 40.5. The number of hydrogen-bond acceptors (Lipinski definition) is 2. The Kier molecular flexibility index (Phi) is 1.66. The van der Waals surface area contributed by atoms with E-state index in [-0.39, 0.29) is 0 Å². The van der Waals surface area contributed by atoms with Gasteiger partial charge in [0, 0.05) is 25.2 Å². The summed E-state index contributed by atoms with van der Waals surface area (Å²) >= 11 is 0. The fourth-order valence-corrected chi connectivity index (χ4v) is 2.39. The summed E-state index contributed by atoms with van der Waals surface area (Å²) in [6, 6.07) is 1.73. The van der Waals surface area contributed by atoms with Crippen molar-refractivity contribution in [3.05, 3.63) is 0 Å². The highest BCUT2D eigenvalue weighted by Gasteiger charge is 2.34. The van der Waals surface area contributed by atoms with Crippen LogP contribution in [0.15, 0.2) is 0 Å². The summed E-state index contributed by atoms with van der Waals surface area (Å²) < 4.78 is 0. The van der Waals surface area contributed by atoms with E-state index in [0.29, 0.717) is 0 Å². The molecule has 58 valence electrons. The van der Waals surface area contributed by atoms with Crippen LogP contribution < -0.4 is 5.32 Å². The van der Waals surface area contributed by atoms with Gasteiger partial charge in [0.1, 0.15) is 0 Å². The van der Waals surface area contributed by atoms with Crippen LogP contribution in [0.2, 0.25) is 0 Å². The largest absolute Gasteiger partial charge is 0.314 e. The zero-order valence-corrected chi connectivity index (χ0v) is 6.64. The molecule has 2 atom stereocenters. The predicted molar refractivity (Wildman–Crippen MR) is 42.1 cm³/mol. The van der Waals surface area contributed by atoms with Crippen LogP contribution in [0, 0.1) is 0 Å². The van der Waals surface area contributed by atoms with Gasteiger partial charge in [-0.1, -0.05) is 6.92 Å². The second-order valence-corrected chi connectivity index (χ2v) is 3.37. The average Bonchev–Trinajstić information content (AvgIpc) is 2.19. The number of fused-ring (bicyclic) bond motifs is 2. The van der Waals surface area contributed by atoms with E-state index in [9.17, 15) is 0 Å². The van der Waals surface area contributed by atoms with E-state index >= 15 is 0 Å². The van der Waals surface area contributed by atoms with Crippen molar-refractivity contribution in [3.63, 3.8) is 0 Å². The molecule has 0 saturated carbocycles. The third-order valence-corrected chi connectivity index (χ3v) is 2.90. The van der Waals surface area contributed by atoms with Crippen molar-refractivity contribution in [2.24, 2.45) is 0 Å². The molecule has 0 radical (unpaired) electrons. The summed E-state index contributed by atoms with van der Waals surface area (Å²) in [6.07, 6.45) is 2.84. The molecule has 2 heterocycles. The molecular weight excluding hydrogens is 124 g/mol. The van der Waals surface area contributed by atoms with Gasteiger partial charge in [-0.3, -0.25) is 4.90 Å². The number of likely N-dealkylation sites (N-methyl/N-ethyl adjacent to an activating group) is 1. The van der Waals surface area contributed by atoms with Gasteiger partial charge >= 0.3 is 0 Å². The fraction of sp³-hybridized carbons (Fsp3) is 1.00. The highest BCUT2D eigenvalue weighted by molar-refractivity contribution is 4.93. The Balaban J connectivity index is 2.06. The molecule has 0 aromatic heterocycles. The second kappa shape index (κ2) is 2.51. The van der Waals surface area contributed by atoms with Crippen LogP contribution in [-0.2, 0) is 0 Å². The molecule has 0 aromatic carbocycles. The molecule has 2 heteroatoms. The van der Waals surface area contributed by atoms with Crippen LogP contribution in [-0.4, -0.2) is 36.6 Å². The van der Waals surface area contributed by atoms with Crippen molar-refractivity contribution in [1.82, 2.24) is 10.2 Å². The summed E-state index contributed by atoms with van der Waals surface area (Å²) in [6.45, 7) is 5.97. The van der Waals surface area contributed by atoms with Crippen molar-refractivity contribution < 1.29 is 0 Å². The van der Waals surface area contributed by atoms with E-state index in [1.54, 1.807) is 0 Å². The van der Waals surface area contributed by atoms with Gasteiger partial charge in [0.15, 0.2) is 0 Å². The van der Waals surface area contributed by atoms with Gasteiger partial charge in [-0.2, -0.15) is 0 Å². The Morgan fingerprint density at radius 3 is 2.30 bits per heavy atom. The maximum atomic E-state index is 3.47. The van der Waals surface area contributed by atoms with Crippen LogP contribution in [0.3, 0.4) is 0 Å². The highest BCUT2D eigenvalue weighted by Crippen LogP contribution is 2.25. The van der Waals surface area contributed by atoms with Crippen LogP contribution in [0.25, 0.3) is 0 Å². The van der Waals surface area contributed by atoms with Crippen LogP contribution in [0.4, 0.5) is 0 Å². The number of rotatable bonds is 1. The Hall–Kier alpha value is -0.0800. The number of piperazine rings is 1. The molecule has 2 fully saturated rings. The SMILES string of the molecule is CCN1C2CCC1CNC2. The molecule has 2 nitrogen and oxygen atoms in total. The lowest BCUT2D eigenvalue weighted by molar-refractivity contribution is 0.162. The molecule has 0 aromatic rings. The number of nitrogens with one attached hydrogen (secondary N) is 1. The maximum Gasteiger partial charge on any atom is 0.0224 e. The van der Waals surface area contributed by atoms with E-state index in [2.05, 4.69) is 17.1 Å². The van der Waals surface area contributed by atoms with Crippen LogP contribution in [0.1, 0.15) is 19.8 Å². The minimum absolute atomic E-state index is 0.865. The lowest BCUT2D eigenvalue weighted by Crippen LogP contribution is -2.51. The van der Waals surface area contributed by atoms with Crippen molar-refractivity contribution in [2.75, 3.05) is 19.6 Å². The molecule has 2 aliphatic rings. The highest BCUT2D eigenvalue weighted by atomic mass is 15.3. The summed E-state index contributed by atoms with van der Waals surface area (Å²) in [5, 5.41) is 3.47. The third kappa shape index (κ3) is 0.867. The van der Waals surface area contributed by atoms with E-state index in [4.69, 9.17) is 0 Å². The van der Waals surface area contributed by atoms with Crippen molar-refractivity contribution >= 4 is 0 Å². The van der Waals surface area contributed by atoms with Gasteiger partial charge in [-0.05, 0) is 19.4 Å². The van der Waals surface area contributed by atoms with Gasteiger partial charge in [-0.25, -0.2) is 0 Å². The van der Waals surface area contributed by atoms with Gasteiger partial charge in [0.2, 0.25) is 0 Å². The molecule has 2 saturated heterocycles. The Morgan fingerprint density at radius 1 is 1.30 bits per heavy atom. The third-order valence-electron chi connectivity index (χ3n) is 2.90. The molecular formula is C8H16N2. The van der Waals surface area contributed by atoms with Crippen molar-refractivity contribution in [3.8, 4) is 0 Å². The quantitative estimate of drug-likeness (QED) is 0.568. The second-order valence-electron chi connectivity index (χ2n) is 3.37. The minimum atomic E-state index is 0.865. The molecule has 10 heavy (non-hydrogen) atoms. The molecule has 0 aliphatic carbocycles. The van der Waals surface area contributed by atoms with Gasteiger partial charge < -0.3 is 5.32 Å². The van der Waals surface area contributed by atoms with E-state index in [1.807, 2.05) is 0 Å². The molecule has 0 spiro atoms. The van der Waals surface area contributed by atoms with Crippen LogP contribution >= 0.6 is 0 Å². The lowest BCUT2D eigenvalue weighted by Gasteiger charge is -2.34. The van der Waals surface area contributed by atoms with Crippen molar-refractivity contribution in [1.29, 1.82) is 0 Å².